The van der Waals surface area contributed by atoms with Crippen LogP contribution in [0.25, 0.3) is 11.2 Å². The zero-order valence-corrected chi connectivity index (χ0v) is 15.3. The summed E-state index contributed by atoms with van der Waals surface area (Å²) in [4.78, 5) is 41.6. The first-order valence-corrected chi connectivity index (χ1v) is 9.48. The van der Waals surface area contributed by atoms with Crippen molar-refractivity contribution in [2.45, 2.75) is 37.9 Å². The van der Waals surface area contributed by atoms with Crippen LogP contribution in [0.2, 0.25) is 0 Å². The Labute approximate surface area is 154 Å². The average molecular weight is 403 g/mol. The van der Waals surface area contributed by atoms with Crippen LogP contribution < -0.4 is 5.73 Å². The van der Waals surface area contributed by atoms with E-state index in [2.05, 4.69) is 15.0 Å². The standard InChI is InChI=1S/C14H19FN5O6P/c1-2-24-12(21)13(27(22)23)25-5-7-3-4-8(26-7)20-6-17-9-10(16)18-14(15)19-11(9)20/h6-8,13,22-23H,2-5H2,1H3,(H2,16,18,19). The highest BCUT2D eigenvalue weighted by Gasteiger charge is 2.33. The van der Waals surface area contributed by atoms with Crippen LogP contribution in [0.3, 0.4) is 0 Å². The molecule has 27 heavy (non-hydrogen) atoms. The molecule has 1 aliphatic heterocycles. The predicted molar refractivity (Wildman–Crippen MR) is 90.6 cm³/mol. The lowest BCUT2D eigenvalue weighted by atomic mass is 10.2. The van der Waals surface area contributed by atoms with Crippen molar-refractivity contribution < 1.29 is 33.2 Å². The van der Waals surface area contributed by atoms with Gasteiger partial charge in [-0.15, -0.1) is 0 Å². The number of hydrogen-bond acceptors (Lipinski definition) is 10. The number of aromatic nitrogens is 4. The second-order valence-electron chi connectivity index (χ2n) is 5.75. The van der Waals surface area contributed by atoms with E-state index in [4.69, 9.17) is 19.9 Å². The third-order valence-corrected chi connectivity index (χ3v) is 4.73. The average Bonchev–Trinajstić information content (AvgIpc) is 3.21. The maximum Gasteiger partial charge on any atom is 0.344 e. The van der Waals surface area contributed by atoms with E-state index in [0.29, 0.717) is 12.8 Å². The van der Waals surface area contributed by atoms with Crippen molar-refractivity contribution >= 4 is 31.3 Å². The first-order chi connectivity index (χ1) is 12.9. The number of imidazole rings is 1. The molecule has 3 heterocycles. The molecule has 3 unspecified atom stereocenters. The van der Waals surface area contributed by atoms with E-state index in [9.17, 15) is 19.0 Å². The maximum atomic E-state index is 13.4. The second-order valence-corrected chi connectivity index (χ2v) is 6.86. The number of esters is 1. The minimum atomic E-state index is -2.65. The lowest BCUT2D eigenvalue weighted by molar-refractivity contribution is -0.153. The molecule has 0 amide bonds. The molecule has 2 aromatic rings. The molecule has 13 heteroatoms. The summed E-state index contributed by atoms with van der Waals surface area (Å²) in [7, 11) is -2.65. The maximum absolute atomic E-state index is 13.4. The number of nitrogens with two attached hydrogens (primary N) is 1. The summed E-state index contributed by atoms with van der Waals surface area (Å²) < 4.78 is 30.9. The van der Waals surface area contributed by atoms with E-state index in [1.54, 1.807) is 11.5 Å². The van der Waals surface area contributed by atoms with Gasteiger partial charge in [0.05, 0.1) is 25.6 Å². The number of carbonyl (C=O) groups excluding carboxylic acids is 1. The molecule has 3 atom stereocenters. The summed E-state index contributed by atoms with van der Waals surface area (Å²) >= 11 is 0. The molecular weight excluding hydrogens is 384 g/mol. The van der Waals surface area contributed by atoms with Crippen LogP contribution in [0.15, 0.2) is 6.33 Å². The number of fused-ring (bicyclic) bond motifs is 1. The zero-order valence-electron chi connectivity index (χ0n) is 14.4. The van der Waals surface area contributed by atoms with Crippen LogP contribution in [0.5, 0.6) is 0 Å². The van der Waals surface area contributed by atoms with Crippen molar-refractivity contribution in [1.82, 2.24) is 19.5 Å². The SMILES string of the molecule is CCOC(=O)C(OCC1CCC(n2cnc3c(N)nc(F)nc32)O1)P(O)O. The van der Waals surface area contributed by atoms with Crippen molar-refractivity contribution in [2.75, 3.05) is 18.9 Å². The largest absolute Gasteiger partial charge is 0.464 e. The Morgan fingerprint density at radius 3 is 3.00 bits per heavy atom. The van der Waals surface area contributed by atoms with Crippen molar-refractivity contribution in [3.63, 3.8) is 0 Å². The molecular formula is C14H19FN5O6P. The quantitative estimate of drug-likeness (QED) is 0.337. The van der Waals surface area contributed by atoms with Gasteiger partial charge in [0.2, 0.25) is 14.2 Å². The van der Waals surface area contributed by atoms with Gasteiger partial charge < -0.3 is 29.7 Å². The number of anilines is 1. The van der Waals surface area contributed by atoms with Crippen LogP contribution in [-0.2, 0) is 19.0 Å². The van der Waals surface area contributed by atoms with E-state index in [1.165, 1.54) is 6.33 Å². The molecule has 11 nitrogen and oxygen atoms in total. The highest BCUT2D eigenvalue weighted by molar-refractivity contribution is 7.46. The number of nitrogens with zero attached hydrogens (tertiary/aromatic N) is 4. The van der Waals surface area contributed by atoms with Gasteiger partial charge in [-0.3, -0.25) is 4.57 Å². The zero-order chi connectivity index (χ0) is 19.6. The van der Waals surface area contributed by atoms with Gasteiger partial charge in [-0.1, -0.05) is 0 Å². The minimum Gasteiger partial charge on any atom is -0.464 e. The Morgan fingerprint density at radius 1 is 1.52 bits per heavy atom. The summed E-state index contributed by atoms with van der Waals surface area (Å²) in [6.45, 7) is 1.66. The van der Waals surface area contributed by atoms with Crippen LogP contribution in [0, 0.1) is 6.08 Å². The summed E-state index contributed by atoms with van der Waals surface area (Å²) in [6.07, 6.45) is 0.702. The first-order valence-electron chi connectivity index (χ1n) is 8.17. The van der Waals surface area contributed by atoms with Crippen molar-refractivity contribution in [2.24, 2.45) is 0 Å². The van der Waals surface area contributed by atoms with E-state index >= 15 is 0 Å². The predicted octanol–water partition coefficient (Wildman–Crippen LogP) is 0.427. The molecule has 3 rings (SSSR count). The molecule has 2 aromatic heterocycles. The Balaban J connectivity index is 1.64. The monoisotopic (exact) mass is 403 g/mol. The van der Waals surface area contributed by atoms with Gasteiger partial charge in [-0.25, -0.2) is 9.78 Å². The van der Waals surface area contributed by atoms with E-state index < -0.39 is 38.6 Å². The van der Waals surface area contributed by atoms with Crippen LogP contribution in [0.1, 0.15) is 26.0 Å². The first kappa shape index (κ1) is 19.8. The van der Waals surface area contributed by atoms with Gasteiger partial charge in [-0.2, -0.15) is 14.4 Å². The third kappa shape index (κ3) is 4.30. The number of rotatable bonds is 7. The van der Waals surface area contributed by atoms with Crippen LogP contribution >= 0.6 is 8.38 Å². The molecule has 0 saturated carbocycles. The fourth-order valence-electron chi connectivity index (χ4n) is 2.78. The van der Waals surface area contributed by atoms with Crippen molar-refractivity contribution in [3.8, 4) is 0 Å². The molecule has 1 aliphatic rings. The highest BCUT2D eigenvalue weighted by atomic mass is 31.2. The summed E-state index contributed by atoms with van der Waals surface area (Å²) in [5.41, 5.74) is 6.13. The normalized spacial score (nSPS) is 21.1. The Morgan fingerprint density at radius 2 is 2.30 bits per heavy atom. The second kappa shape index (κ2) is 8.36. The van der Waals surface area contributed by atoms with Crippen molar-refractivity contribution in [3.05, 3.63) is 12.4 Å². The molecule has 0 spiro atoms. The van der Waals surface area contributed by atoms with E-state index in [0.717, 1.165) is 0 Å². The minimum absolute atomic E-state index is 0.0436. The number of carbonyl (C=O) groups is 1. The molecule has 148 valence electrons. The molecule has 1 fully saturated rings. The highest BCUT2D eigenvalue weighted by Crippen LogP contribution is 2.35. The molecule has 0 aromatic carbocycles. The third-order valence-electron chi connectivity index (χ3n) is 3.95. The lowest BCUT2D eigenvalue weighted by Crippen LogP contribution is -2.29. The van der Waals surface area contributed by atoms with E-state index in [1.807, 2.05) is 0 Å². The fourth-order valence-corrected chi connectivity index (χ4v) is 3.26. The van der Waals surface area contributed by atoms with Gasteiger partial charge in [0, 0.05) is 0 Å². The Kier molecular flexibility index (Phi) is 6.12. The van der Waals surface area contributed by atoms with Crippen LogP contribution in [0.4, 0.5) is 10.2 Å². The topological polar surface area (TPSA) is 155 Å². The number of nitrogen functional groups attached to an aromatic ring is 1. The van der Waals surface area contributed by atoms with Gasteiger partial charge in [0.25, 0.3) is 0 Å². The van der Waals surface area contributed by atoms with E-state index in [-0.39, 0.29) is 30.2 Å². The van der Waals surface area contributed by atoms with Crippen LogP contribution in [-0.4, -0.2) is 60.4 Å². The molecule has 0 radical (unpaired) electrons. The van der Waals surface area contributed by atoms with Crippen molar-refractivity contribution in [1.29, 1.82) is 0 Å². The van der Waals surface area contributed by atoms with Gasteiger partial charge in [0.15, 0.2) is 17.0 Å². The fraction of sp³-hybridized carbons (Fsp3) is 0.571. The molecule has 0 aliphatic carbocycles. The summed E-state index contributed by atoms with van der Waals surface area (Å²) in [5.74, 6) is -2.37. The number of halogens is 1. The van der Waals surface area contributed by atoms with Gasteiger partial charge >= 0.3 is 12.0 Å². The molecule has 0 bridgehead atoms. The summed E-state index contributed by atoms with van der Waals surface area (Å²) in [5, 5.41) is 0. The lowest BCUT2D eigenvalue weighted by Gasteiger charge is -2.20. The number of hydrogen-bond donors (Lipinski definition) is 3. The summed E-state index contributed by atoms with van der Waals surface area (Å²) in [6, 6.07) is 0. The molecule has 4 N–H and O–H groups in total. The van der Waals surface area contributed by atoms with Gasteiger partial charge in [-0.05, 0) is 19.8 Å². The van der Waals surface area contributed by atoms with Gasteiger partial charge in [0.1, 0.15) is 6.23 Å². The number of ether oxygens (including phenoxy) is 3. The Bertz CT molecular complexity index is 821. The smallest absolute Gasteiger partial charge is 0.344 e. The Hall–Kier alpha value is -1.98. The molecule has 1 saturated heterocycles.